The summed E-state index contributed by atoms with van der Waals surface area (Å²) < 4.78 is 4.73. The summed E-state index contributed by atoms with van der Waals surface area (Å²) in [5.74, 6) is -1.13. The number of carbonyl (C=O) groups excluding carboxylic acids is 1. The van der Waals surface area contributed by atoms with Crippen LogP contribution in [0.2, 0.25) is 0 Å². The minimum Gasteiger partial charge on any atom is -0.481 e. The number of esters is 1. The van der Waals surface area contributed by atoms with Crippen molar-refractivity contribution in [1.29, 1.82) is 5.26 Å². The molecule has 0 aliphatic carbocycles. The maximum Gasteiger partial charge on any atom is 0.305 e. The molecule has 0 heterocycles. The van der Waals surface area contributed by atoms with Crippen LogP contribution < -0.4 is 0 Å². The Kier molecular flexibility index (Phi) is 8.06. The van der Waals surface area contributed by atoms with Gasteiger partial charge in [0, 0.05) is 12.8 Å². The van der Waals surface area contributed by atoms with Crippen molar-refractivity contribution in [2.45, 2.75) is 38.5 Å². The maximum absolute atomic E-state index is 11.0. The highest BCUT2D eigenvalue weighted by molar-refractivity contribution is 5.69. The lowest BCUT2D eigenvalue weighted by molar-refractivity contribution is -0.143. The lowest BCUT2D eigenvalue weighted by Crippen LogP contribution is -2.05. The first-order chi connectivity index (χ1) is 7.16. The van der Waals surface area contributed by atoms with Gasteiger partial charge in [-0.25, -0.2) is 0 Å². The SMILES string of the molecule is N#CCCOC(=O)CCCCCC(=O)O. The van der Waals surface area contributed by atoms with Crippen molar-refractivity contribution in [2.75, 3.05) is 6.61 Å². The van der Waals surface area contributed by atoms with Gasteiger partial charge in [-0.05, 0) is 12.8 Å². The molecule has 0 atom stereocenters. The molecule has 0 aromatic carbocycles. The molecule has 0 spiro atoms. The number of carboxylic acids is 1. The Bertz CT molecular complexity index is 244. The van der Waals surface area contributed by atoms with Gasteiger partial charge in [0.25, 0.3) is 0 Å². The summed E-state index contributed by atoms with van der Waals surface area (Å²) in [5, 5.41) is 16.5. The minimum absolute atomic E-state index is 0.142. The highest BCUT2D eigenvalue weighted by atomic mass is 16.5. The molecule has 0 radical (unpaired) electrons. The Morgan fingerprint density at radius 3 is 2.47 bits per heavy atom. The number of aliphatic carboxylic acids is 1. The van der Waals surface area contributed by atoms with Crippen molar-refractivity contribution >= 4 is 11.9 Å². The fourth-order valence-corrected chi connectivity index (χ4v) is 1.01. The largest absolute Gasteiger partial charge is 0.481 e. The molecule has 5 heteroatoms. The van der Waals surface area contributed by atoms with Gasteiger partial charge in [0.1, 0.15) is 6.61 Å². The third-order valence-electron chi connectivity index (χ3n) is 1.75. The maximum atomic E-state index is 11.0. The summed E-state index contributed by atoms with van der Waals surface area (Å²) in [6, 6.07) is 1.87. The summed E-state index contributed by atoms with van der Waals surface area (Å²) in [5.41, 5.74) is 0. The van der Waals surface area contributed by atoms with Crippen LogP contribution in [-0.2, 0) is 14.3 Å². The van der Waals surface area contributed by atoms with Crippen molar-refractivity contribution in [2.24, 2.45) is 0 Å². The quantitative estimate of drug-likeness (QED) is 0.487. The molecule has 5 nitrogen and oxygen atoms in total. The van der Waals surface area contributed by atoms with E-state index in [1.54, 1.807) is 0 Å². The topological polar surface area (TPSA) is 87.4 Å². The molecule has 0 amide bonds. The van der Waals surface area contributed by atoms with Gasteiger partial charge in [-0.3, -0.25) is 9.59 Å². The second-order valence-electron chi connectivity index (χ2n) is 3.08. The number of nitriles is 1. The smallest absolute Gasteiger partial charge is 0.305 e. The molecule has 0 fully saturated rings. The Labute approximate surface area is 88.6 Å². The van der Waals surface area contributed by atoms with Gasteiger partial charge >= 0.3 is 11.9 Å². The van der Waals surface area contributed by atoms with Gasteiger partial charge in [-0.2, -0.15) is 5.26 Å². The summed E-state index contributed by atoms with van der Waals surface area (Å²) in [6.45, 7) is 0.143. The standard InChI is InChI=1S/C10H15NO4/c11-7-4-8-15-10(14)6-3-1-2-5-9(12)13/h1-6,8H2,(H,12,13). The fourth-order valence-electron chi connectivity index (χ4n) is 1.01. The number of unbranched alkanes of at least 4 members (excludes halogenated alkanes) is 2. The van der Waals surface area contributed by atoms with E-state index in [0.29, 0.717) is 25.7 Å². The molecule has 0 bridgehead atoms. The van der Waals surface area contributed by atoms with Crippen LogP contribution in [0.3, 0.4) is 0 Å². The van der Waals surface area contributed by atoms with Crippen molar-refractivity contribution < 1.29 is 19.4 Å². The zero-order valence-corrected chi connectivity index (χ0v) is 8.57. The normalized spacial score (nSPS) is 9.27. The zero-order chi connectivity index (χ0) is 11.5. The highest BCUT2D eigenvalue weighted by Crippen LogP contribution is 2.04. The summed E-state index contributed by atoms with van der Waals surface area (Å²) >= 11 is 0. The van der Waals surface area contributed by atoms with E-state index < -0.39 is 5.97 Å². The van der Waals surface area contributed by atoms with E-state index in [-0.39, 0.29) is 25.4 Å². The van der Waals surface area contributed by atoms with Gasteiger partial charge in [0.05, 0.1) is 12.5 Å². The Hall–Kier alpha value is -1.57. The van der Waals surface area contributed by atoms with E-state index in [1.165, 1.54) is 0 Å². The fraction of sp³-hybridized carbons (Fsp3) is 0.700. The highest BCUT2D eigenvalue weighted by Gasteiger charge is 2.02. The van der Waals surface area contributed by atoms with E-state index in [9.17, 15) is 9.59 Å². The van der Waals surface area contributed by atoms with Crippen LogP contribution in [0.25, 0.3) is 0 Å². The third-order valence-corrected chi connectivity index (χ3v) is 1.75. The first-order valence-electron chi connectivity index (χ1n) is 4.91. The molecule has 0 aliphatic heterocycles. The van der Waals surface area contributed by atoms with Crippen LogP contribution in [0.4, 0.5) is 0 Å². The monoisotopic (exact) mass is 213 g/mol. The average molecular weight is 213 g/mol. The Balaban J connectivity index is 3.24. The van der Waals surface area contributed by atoms with Crippen LogP contribution in [-0.4, -0.2) is 23.7 Å². The molecule has 84 valence electrons. The molecule has 0 aromatic rings. The van der Waals surface area contributed by atoms with E-state index in [4.69, 9.17) is 15.1 Å². The molecule has 0 saturated heterocycles. The van der Waals surface area contributed by atoms with Gasteiger partial charge < -0.3 is 9.84 Å². The van der Waals surface area contributed by atoms with Crippen molar-refractivity contribution in [1.82, 2.24) is 0 Å². The number of carbonyl (C=O) groups is 2. The van der Waals surface area contributed by atoms with Crippen molar-refractivity contribution in [3.63, 3.8) is 0 Å². The number of ether oxygens (including phenoxy) is 1. The van der Waals surface area contributed by atoms with Gasteiger partial charge in [-0.1, -0.05) is 6.42 Å². The van der Waals surface area contributed by atoms with Crippen LogP contribution in [0.1, 0.15) is 38.5 Å². The first kappa shape index (κ1) is 13.4. The molecule has 0 aliphatic rings. The molecule has 0 aromatic heterocycles. The molecular formula is C10H15NO4. The van der Waals surface area contributed by atoms with Gasteiger partial charge in [-0.15, -0.1) is 0 Å². The molecule has 0 rings (SSSR count). The molecule has 1 N–H and O–H groups in total. The summed E-state index contributed by atoms with van der Waals surface area (Å²) in [6.07, 6.45) is 2.58. The molecule has 15 heavy (non-hydrogen) atoms. The van der Waals surface area contributed by atoms with Crippen molar-refractivity contribution in [3.8, 4) is 6.07 Å². The summed E-state index contributed by atoms with van der Waals surface area (Å²) in [4.78, 5) is 21.1. The van der Waals surface area contributed by atoms with E-state index in [0.717, 1.165) is 0 Å². The average Bonchev–Trinajstić information content (AvgIpc) is 2.17. The molecule has 0 unspecified atom stereocenters. The zero-order valence-electron chi connectivity index (χ0n) is 8.57. The van der Waals surface area contributed by atoms with Crippen LogP contribution in [0.15, 0.2) is 0 Å². The summed E-state index contributed by atoms with van der Waals surface area (Å²) in [7, 11) is 0. The minimum atomic E-state index is -0.813. The van der Waals surface area contributed by atoms with E-state index >= 15 is 0 Å². The lowest BCUT2D eigenvalue weighted by atomic mass is 10.1. The number of carboxylic acid groups (broad SMARTS) is 1. The predicted octanol–water partition coefficient (Wildman–Crippen LogP) is 1.48. The predicted molar refractivity (Wildman–Crippen MR) is 51.9 cm³/mol. The van der Waals surface area contributed by atoms with E-state index in [1.807, 2.05) is 6.07 Å². The Morgan fingerprint density at radius 1 is 1.20 bits per heavy atom. The van der Waals surface area contributed by atoms with Gasteiger partial charge in [0.15, 0.2) is 0 Å². The molecular weight excluding hydrogens is 198 g/mol. The first-order valence-corrected chi connectivity index (χ1v) is 4.91. The second-order valence-corrected chi connectivity index (χ2v) is 3.08. The second kappa shape index (κ2) is 9.00. The lowest BCUT2D eigenvalue weighted by Gasteiger charge is -2.01. The van der Waals surface area contributed by atoms with E-state index in [2.05, 4.69) is 0 Å². The number of hydrogen-bond acceptors (Lipinski definition) is 4. The van der Waals surface area contributed by atoms with Crippen LogP contribution in [0, 0.1) is 11.3 Å². The van der Waals surface area contributed by atoms with Crippen LogP contribution >= 0.6 is 0 Å². The Morgan fingerprint density at radius 2 is 1.87 bits per heavy atom. The number of nitrogens with zero attached hydrogens (tertiary/aromatic N) is 1. The third kappa shape index (κ3) is 10.4. The van der Waals surface area contributed by atoms with Gasteiger partial charge in [0.2, 0.25) is 0 Å². The molecule has 0 saturated carbocycles. The van der Waals surface area contributed by atoms with Crippen molar-refractivity contribution in [3.05, 3.63) is 0 Å². The number of rotatable bonds is 8. The van der Waals surface area contributed by atoms with Crippen LogP contribution in [0.5, 0.6) is 0 Å². The number of hydrogen-bond donors (Lipinski definition) is 1.